The number of carbonyl (C=O) groups is 2. The maximum absolute atomic E-state index is 12.7. The van der Waals surface area contributed by atoms with E-state index in [1.54, 1.807) is 19.2 Å². The fourth-order valence-electron chi connectivity index (χ4n) is 3.42. The SMILES string of the molecule is CCCNCC(=O)Nc1ccc(N2CCN(C(=O)c3ccc(OC)cc3)CC2)cc1. The number of benzene rings is 2. The molecular weight excluding hydrogens is 380 g/mol. The van der Waals surface area contributed by atoms with E-state index in [9.17, 15) is 9.59 Å². The van der Waals surface area contributed by atoms with Crippen LogP contribution in [0.25, 0.3) is 0 Å². The van der Waals surface area contributed by atoms with E-state index in [0.717, 1.165) is 43.2 Å². The van der Waals surface area contributed by atoms with Crippen molar-refractivity contribution in [2.45, 2.75) is 13.3 Å². The first-order valence-corrected chi connectivity index (χ1v) is 10.4. The van der Waals surface area contributed by atoms with Crippen LogP contribution in [-0.4, -0.2) is 63.1 Å². The van der Waals surface area contributed by atoms with Gasteiger partial charge in [0.1, 0.15) is 5.75 Å². The number of anilines is 2. The zero-order valence-corrected chi connectivity index (χ0v) is 17.7. The Balaban J connectivity index is 1.49. The normalized spacial score (nSPS) is 13.8. The van der Waals surface area contributed by atoms with Gasteiger partial charge >= 0.3 is 0 Å². The second-order valence-corrected chi connectivity index (χ2v) is 7.28. The number of hydrogen-bond acceptors (Lipinski definition) is 5. The van der Waals surface area contributed by atoms with Crippen molar-refractivity contribution in [1.82, 2.24) is 10.2 Å². The summed E-state index contributed by atoms with van der Waals surface area (Å²) in [6.07, 6.45) is 1.00. The molecule has 1 saturated heterocycles. The molecule has 3 rings (SSSR count). The van der Waals surface area contributed by atoms with E-state index in [1.807, 2.05) is 41.3 Å². The molecule has 1 fully saturated rings. The zero-order chi connectivity index (χ0) is 21.3. The molecular formula is C23H30N4O3. The number of amides is 2. The van der Waals surface area contributed by atoms with Crippen LogP contribution in [0.15, 0.2) is 48.5 Å². The van der Waals surface area contributed by atoms with Crippen molar-refractivity contribution in [2.75, 3.05) is 56.6 Å². The summed E-state index contributed by atoms with van der Waals surface area (Å²) in [5.41, 5.74) is 2.56. The standard InChI is InChI=1S/C23H30N4O3/c1-3-12-24-17-22(28)25-19-6-8-20(9-7-19)26-13-15-27(16-14-26)23(29)18-4-10-21(30-2)11-5-18/h4-11,24H,3,12-17H2,1-2H3,(H,25,28). The number of rotatable bonds is 8. The Morgan fingerprint density at radius 2 is 1.63 bits per heavy atom. The molecule has 2 amide bonds. The summed E-state index contributed by atoms with van der Waals surface area (Å²) in [7, 11) is 1.61. The van der Waals surface area contributed by atoms with Gasteiger partial charge in [0.25, 0.3) is 5.91 Å². The minimum absolute atomic E-state index is 0.0399. The maximum atomic E-state index is 12.7. The summed E-state index contributed by atoms with van der Waals surface area (Å²) in [5.74, 6) is 0.752. The molecule has 30 heavy (non-hydrogen) atoms. The van der Waals surface area contributed by atoms with Crippen molar-refractivity contribution in [1.29, 1.82) is 0 Å². The van der Waals surface area contributed by atoms with Gasteiger partial charge < -0.3 is 25.2 Å². The van der Waals surface area contributed by atoms with Crippen LogP contribution >= 0.6 is 0 Å². The summed E-state index contributed by atoms with van der Waals surface area (Å²) in [4.78, 5) is 28.7. The van der Waals surface area contributed by atoms with E-state index in [1.165, 1.54) is 0 Å². The molecule has 2 aromatic rings. The Bertz CT molecular complexity index is 829. The number of nitrogens with zero attached hydrogens (tertiary/aromatic N) is 2. The predicted octanol–water partition coefficient (Wildman–Crippen LogP) is 2.60. The summed E-state index contributed by atoms with van der Waals surface area (Å²) < 4.78 is 5.15. The highest BCUT2D eigenvalue weighted by atomic mass is 16.5. The number of carbonyl (C=O) groups excluding carboxylic acids is 2. The fourth-order valence-corrected chi connectivity index (χ4v) is 3.42. The smallest absolute Gasteiger partial charge is 0.253 e. The van der Waals surface area contributed by atoms with Gasteiger partial charge in [-0.3, -0.25) is 9.59 Å². The second kappa shape index (κ2) is 10.6. The fraction of sp³-hybridized carbons (Fsp3) is 0.391. The van der Waals surface area contributed by atoms with E-state index in [2.05, 4.69) is 22.5 Å². The van der Waals surface area contributed by atoms with Gasteiger partial charge in [-0.25, -0.2) is 0 Å². The molecule has 0 spiro atoms. The van der Waals surface area contributed by atoms with Gasteiger partial charge in [0, 0.05) is 43.1 Å². The van der Waals surface area contributed by atoms with Crippen molar-refractivity contribution in [3.63, 3.8) is 0 Å². The van der Waals surface area contributed by atoms with Gasteiger partial charge in [-0.15, -0.1) is 0 Å². The highest BCUT2D eigenvalue weighted by molar-refractivity contribution is 5.94. The van der Waals surface area contributed by atoms with Crippen LogP contribution in [0.2, 0.25) is 0 Å². The predicted molar refractivity (Wildman–Crippen MR) is 119 cm³/mol. The molecule has 0 aromatic heterocycles. The van der Waals surface area contributed by atoms with Gasteiger partial charge in [-0.05, 0) is 61.5 Å². The summed E-state index contributed by atoms with van der Waals surface area (Å²) in [6.45, 7) is 6.11. The van der Waals surface area contributed by atoms with E-state index < -0.39 is 0 Å². The summed E-state index contributed by atoms with van der Waals surface area (Å²) in [5, 5.41) is 5.99. The lowest BCUT2D eigenvalue weighted by Gasteiger charge is -2.36. The molecule has 0 saturated carbocycles. The lowest BCUT2D eigenvalue weighted by Crippen LogP contribution is -2.48. The summed E-state index contributed by atoms with van der Waals surface area (Å²) in [6, 6.07) is 15.1. The van der Waals surface area contributed by atoms with Gasteiger partial charge in [-0.1, -0.05) is 6.92 Å². The van der Waals surface area contributed by atoms with Gasteiger partial charge in [0.15, 0.2) is 0 Å². The first-order chi connectivity index (χ1) is 14.6. The van der Waals surface area contributed by atoms with Gasteiger partial charge in [-0.2, -0.15) is 0 Å². The summed E-state index contributed by atoms with van der Waals surface area (Å²) >= 11 is 0. The Morgan fingerprint density at radius 3 is 2.23 bits per heavy atom. The van der Waals surface area contributed by atoms with Crippen LogP contribution in [0.4, 0.5) is 11.4 Å². The van der Waals surface area contributed by atoms with Crippen LogP contribution in [0.5, 0.6) is 5.75 Å². The first kappa shape index (κ1) is 21.6. The van der Waals surface area contributed by atoms with E-state index in [-0.39, 0.29) is 11.8 Å². The molecule has 7 nitrogen and oxygen atoms in total. The highest BCUT2D eigenvalue weighted by Crippen LogP contribution is 2.20. The highest BCUT2D eigenvalue weighted by Gasteiger charge is 2.22. The van der Waals surface area contributed by atoms with E-state index >= 15 is 0 Å². The van der Waals surface area contributed by atoms with Crippen molar-refractivity contribution in [3.8, 4) is 5.75 Å². The third kappa shape index (κ3) is 5.73. The van der Waals surface area contributed by atoms with Crippen LogP contribution in [0.1, 0.15) is 23.7 Å². The number of methoxy groups -OCH3 is 1. The Hall–Kier alpha value is -3.06. The van der Waals surface area contributed by atoms with Gasteiger partial charge in [0.2, 0.25) is 5.91 Å². The largest absolute Gasteiger partial charge is 0.497 e. The molecule has 0 radical (unpaired) electrons. The number of ether oxygens (including phenoxy) is 1. The maximum Gasteiger partial charge on any atom is 0.253 e. The van der Waals surface area contributed by atoms with Crippen molar-refractivity contribution in [2.24, 2.45) is 0 Å². The van der Waals surface area contributed by atoms with E-state index in [0.29, 0.717) is 25.2 Å². The number of nitrogens with one attached hydrogen (secondary N) is 2. The van der Waals surface area contributed by atoms with Crippen molar-refractivity contribution >= 4 is 23.2 Å². The molecule has 2 aromatic carbocycles. The minimum atomic E-state index is -0.0399. The van der Waals surface area contributed by atoms with Gasteiger partial charge in [0.05, 0.1) is 13.7 Å². The zero-order valence-electron chi connectivity index (χ0n) is 17.7. The average Bonchev–Trinajstić information content (AvgIpc) is 2.79. The molecule has 160 valence electrons. The Labute approximate surface area is 178 Å². The first-order valence-electron chi connectivity index (χ1n) is 10.4. The van der Waals surface area contributed by atoms with E-state index in [4.69, 9.17) is 4.74 Å². The molecule has 1 heterocycles. The topological polar surface area (TPSA) is 73.9 Å². The van der Waals surface area contributed by atoms with Crippen LogP contribution in [0.3, 0.4) is 0 Å². The Kier molecular flexibility index (Phi) is 7.68. The van der Waals surface area contributed by atoms with Crippen LogP contribution < -0.4 is 20.3 Å². The monoisotopic (exact) mass is 410 g/mol. The molecule has 7 heteroatoms. The molecule has 1 aliphatic heterocycles. The van der Waals surface area contributed by atoms with Crippen molar-refractivity contribution in [3.05, 3.63) is 54.1 Å². The lowest BCUT2D eigenvalue weighted by molar-refractivity contribution is -0.115. The van der Waals surface area contributed by atoms with Crippen LogP contribution in [-0.2, 0) is 4.79 Å². The third-order valence-corrected chi connectivity index (χ3v) is 5.13. The van der Waals surface area contributed by atoms with Crippen molar-refractivity contribution < 1.29 is 14.3 Å². The minimum Gasteiger partial charge on any atom is -0.497 e. The Morgan fingerprint density at radius 1 is 0.967 bits per heavy atom. The molecule has 1 aliphatic rings. The molecule has 0 aliphatic carbocycles. The molecule has 0 atom stereocenters. The number of hydrogen-bond donors (Lipinski definition) is 2. The second-order valence-electron chi connectivity index (χ2n) is 7.28. The lowest BCUT2D eigenvalue weighted by atomic mass is 10.1. The molecule has 0 unspecified atom stereocenters. The quantitative estimate of drug-likeness (QED) is 0.655. The van der Waals surface area contributed by atoms with Crippen LogP contribution in [0, 0.1) is 0 Å². The molecule has 2 N–H and O–H groups in total. The third-order valence-electron chi connectivity index (χ3n) is 5.13. The number of piperazine rings is 1. The molecule has 0 bridgehead atoms. The average molecular weight is 411 g/mol.